The van der Waals surface area contributed by atoms with Crippen LogP contribution in [0.1, 0.15) is 32.0 Å². The number of fused-ring (bicyclic) bond motifs is 3. The first kappa shape index (κ1) is 14.4. The lowest BCUT2D eigenvalue weighted by Gasteiger charge is -2.15. The molecule has 0 atom stereocenters. The summed E-state index contributed by atoms with van der Waals surface area (Å²) in [7, 11) is 1.60. The van der Waals surface area contributed by atoms with E-state index in [1.165, 1.54) is 0 Å². The summed E-state index contributed by atoms with van der Waals surface area (Å²) in [6, 6.07) is 11.2. The van der Waals surface area contributed by atoms with Gasteiger partial charge in [-0.05, 0) is 23.8 Å². The lowest BCUT2D eigenvalue weighted by atomic mass is 10.1. The number of nitrogens with zero attached hydrogens (tertiary/aromatic N) is 3. The van der Waals surface area contributed by atoms with Crippen molar-refractivity contribution in [1.82, 2.24) is 19.6 Å². The molecule has 0 spiro atoms. The van der Waals surface area contributed by atoms with Crippen LogP contribution in [0.5, 0.6) is 0 Å². The molecule has 0 saturated carbocycles. The van der Waals surface area contributed by atoms with E-state index in [9.17, 15) is 9.59 Å². The van der Waals surface area contributed by atoms with Gasteiger partial charge in [-0.15, -0.1) is 0 Å². The lowest BCUT2D eigenvalue weighted by molar-refractivity contribution is 0.0761. The van der Waals surface area contributed by atoms with E-state index < -0.39 is 0 Å². The number of hydrogen-bond donors (Lipinski definition) is 1. The van der Waals surface area contributed by atoms with Gasteiger partial charge in [-0.2, -0.15) is 0 Å². The molecular formula is C18H16N4O2. The third-order valence-corrected chi connectivity index (χ3v) is 4.32. The number of benzene rings is 1. The van der Waals surface area contributed by atoms with Gasteiger partial charge in [0.15, 0.2) is 0 Å². The van der Waals surface area contributed by atoms with Gasteiger partial charge in [0.25, 0.3) is 11.8 Å². The minimum atomic E-state index is -0.117. The molecule has 6 heteroatoms. The Hall–Kier alpha value is -3.15. The van der Waals surface area contributed by atoms with E-state index in [0.29, 0.717) is 24.3 Å². The normalized spacial score (nSPS) is 13.4. The van der Waals surface area contributed by atoms with Gasteiger partial charge >= 0.3 is 0 Å². The number of carbonyl (C=O) groups excluding carboxylic acids is 2. The van der Waals surface area contributed by atoms with Crippen LogP contribution in [-0.2, 0) is 13.1 Å². The van der Waals surface area contributed by atoms with Gasteiger partial charge in [-0.1, -0.05) is 18.2 Å². The van der Waals surface area contributed by atoms with Gasteiger partial charge in [-0.25, -0.2) is 4.98 Å². The molecule has 0 radical (unpaired) electrons. The van der Waals surface area contributed by atoms with Gasteiger partial charge in [0.2, 0.25) is 0 Å². The molecule has 2 aromatic heterocycles. The second-order valence-electron chi connectivity index (χ2n) is 5.80. The van der Waals surface area contributed by atoms with E-state index in [0.717, 1.165) is 16.8 Å². The van der Waals surface area contributed by atoms with Crippen molar-refractivity contribution < 1.29 is 9.59 Å². The second kappa shape index (κ2) is 5.49. The van der Waals surface area contributed by atoms with Crippen LogP contribution in [0, 0.1) is 0 Å². The van der Waals surface area contributed by atoms with E-state index in [2.05, 4.69) is 10.3 Å². The van der Waals surface area contributed by atoms with Crippen LogP contribution in [0.15, 0.2) is 48.8 Å². The standard InChI is InChI=1S/C18H16N4O2/c1-19-17(23)13-4-2-12(3-5-13)10-21-11-14-6-7-15-20-8-9-22(15)16(14)18(21)24/h2-9H,10-11H2,1H3,(H,19,23). The van der Waals surface area contributed by atoms with Crippen LogP contribution in [0.4, 0.5) is 0 Å². The Morgan fingerprint density at radius 1 is 1.21 bits per heavy atom. The Morgan fingerprint density at radius 2 is 2.00 bits per heavy atom. The van der Waals surface area contributed by atoms with Crippen LogP contribution in [0.2, 0.25) is 0 Å². The van der Waals surface area contributed by atoms with Crippen LogP contribution >= 0.6 is 0 Å². The van der Waals surface area contributed by atoms with E-state index in [1.54, 1.807) is 30.3 Å². The minimum Gasteiger partial charge on any atom is -0.355 e. The van der Waals surface area contributed by atoms with Gasteiger partial charge in [0.1, 0.15) is 11.3 Å². The largest absolute Gasteiger partial charge is 0.355 e. The molecule has 4 rings (SSSR count). The maximum Gasteiger partial charge on any atom is 0.271 e. The van der Waals surface area contributed by atoms with Crippen LogP contribution in [-0.4, -0.2) is 33.1 Å². The predicted octanol–water partition coefficient (Wildman–Crippen LogP) is 1.85. The van der Waals surface area contributed by atoms with Crippen molar-refractivity contribution in [2.45, 2.75) is 13.1 Å². The van der Waals surface area contributed by atoms with E-state index >= 15 is 0 Å². The molecule has 2 amide bonds. The number of imidazole rings is 1. The summed E-state index contributed by atoms with van der Waals surface area (Å²) in [5, 5.41) is 2.60. The fraction of sp³-hybridized carbons (Fsp3) is 0.167. The van der Waals surface area contributed by atoms with Crippen molar-refractivity contribution >= 4 is 17.5 Å². The number of hydrogen-bond acceptors (Lipinski definition) is 3. The summed E-state index contributed by atoms with van der Waals surface area (Å²) < 4.78 is 1.84. The van der Waals surface area contributed by atoms with Crippen molar-refractivity contribution in [3.8, 4) is 0 Å². The highest BCUT2D eigenvalue weighted by Crippen LogP contribution is 2.25. The van der Waals surface area contributed by atoms with Crippen LogP contribution < -0.4 is 5.32 Å². The molecule has 120 valence electrons. The monoisotopic (exact) mass is 320 g/mol. The summed E-state index contributed by atoms with van der Waals surface area (Å²) in [4.78, 5) is 30.4. The predicted molar refractivity (Wildman–Crippen MR) is 88.6 cm³/mol. The van der Waals surface area contributed by atoms with Gasteiger partial charge in [-0.3, -0.25) is 14.0 Å². The Balaban J connectivity index is 1.58. The summed E-state index contributed by atoms with van der Waals surface area (Å²) in [5.41, 5.74) is 4.07. The minimum absolute atomic E-state index is 0.00368. The molecule has 0 bridgehead atoms. The highest BCUT2D eigenvalue weighted by atomic mass is 16.2. The average Bonchev–Trinajstić information content (AvgIpc) is 3.19. The number of nitrogens with one attached hydrogen (secondary N) is 1. The molecule has 24 heavy (non-hydrogen) atoms. The van der Waals surface area contributed by atoms with Crippen molar-refractivity contribution in [3.05, 3.63) is 71.2 Å². The van der Waals surface area contributed by atoms with Crippen molar-refractivity contribution in [2.24, 2.45) is 0 Å². The lowest BCUT2D eigenvalue weighted by Crippen LogP contribution is -2.24. The number of rotatable bonds is 3. The topological polar surface area (TPSA) is 66.7 Å². The Kier molecular flexibility index (Phi) is 3.30. The Bertz CT molecular complexity index is 943. The Morgan fingerprint density at radius 3 is 2.75 bits per heavy atom. The summed E-state index contributed by atoms with van der Waals surface area (Å²) in [5.74, 6) is -0.113. The molecule has 1 aliphatic heterocycles. The second-order valence-corrected chi connectivity index (χ2v) is 5.80. The SMILES string of the molecule is CNC(=O)c1ccc(CN2Cc3ccc4nccn4c3C2=O)cc1. The first-order chi connectivity index (χ1) is 11.7. The molecule has 1 aromatic carbocycles. The van der Waals surface area contributed by atoms with E-state index in [-0.39, 0.29) is 11.8 Å². The first-order valence-electron chi connectivity index (χ1n) is 7.72. The average molecular weight is 320 g/mol. The molecule has 6 nitrogen and oxygen atoms in total. The van der Waals surface area contributed by atoms with E-state index in [1.807, 2.05) is 34.9 Å². The quantitative estimate of drug-likeness (QED) is 0.801. The molecular weight excluding hydrogens is 304 g/mol. The molecule has 0 unspecified atom stereocenters. The van der Waals surface area contributed by atoms with Gasteiger partial charge in [0.05, 0.1) is 0 Å². The smallest absolute Gasteiger partial charge is 0.271 e. The molecule has 0 fully saturated rings. The number of amides is 2. The molecule has 0 aliphatic carbocycles. The molecule has 3 aromatic rings. The van der Waals surface area contributed by atoms with Crippen molar-refractivity contribution in [1.29, 1.82) is 0 Å². The van der Waals surface area contributed by atoms with Crippen molar-refractivity contribution in [3.63, 3.8) is 0 Å². The summed E-state index contributed by atoms with van der Waals surface area (Å²) in [6.07, 6.45) is 3.51. The maximum atomic E-state index is 12.7. The highest BCUT2D eigenvalue weighted by molar-refractivity contribution is 5.97. The zero-order chi connectivity index (χ0) is 16.7. The van der Waals surface area contributed by atoms with Crippen LogP contribution in [0.25, 0.3) is 5.65 Å². The zero-order valence-electron chi connectivity index (χ0n) is 13.2. The third kappa shape index (κ3) is 2.23. The zero-order valence-corrected chi connectivity index (χ0v) is 13.2. The van der Waals surface area contributed by atoms with Crippen molar-refractivity contribution in [2.75, 3.05) is 7.05 Å². The summed E-state index contributed by atoms with van der Waals surface area (Å²) in [6.45, 7) is 1.09. The summed E-state index contributed by atoms with van der Waals surface area (Å²) >= 11 is 0. The highest BCUT2D eigenvalue weighted by Gasteiger charge is 2.29. The van der Waals surface area contributed by atoms with E-state index in [4.69, 9.17) is 0 Å². The first-order valence-corrected chi connectivity index (χ1v) is 7.72. The number of carbonyl (C=O) groups is 2. The number of pyridine rings is 1. The molecule has 3 heterocycles. The fourth-order valence-corrected chi connectivity index (χ4v) is 3.09. The molecule has 1 N–H and O–H groups in total. The maximum absolute atomic E-state index is 12.7. The fourth-order valence-electron chi connectivity index (χ4n) is 3.09. The Labute approximate surface area is 138 Å². The van der Waals surface area contributed by atoms with Crippen LogP contribution in [0.3, 0.4) is 0 Å². The van der Waals surface area contributed by atoms with Gasteiger partial charge < -0.3 is 10.2 Å². The number of aromatic nitrogens is 2. The molecule has 1 aliphatic rings. The van der Waals surface area contributed by atoms with Gasteiger partial charge in [0, 0.05) is 43.7 Å². The molecule has 0 saturated heterocycles. The third-order valence-electron chi connectivity index (χ3n) is 4.32.